The molecule has 1 aliphatic rings. The van der Waals surface area contributed by atoms with Crippen molar-refractivity contribution in [2.75, 3.05) is 25.5 Å². The van der Waals surface area contributed by atoms with Crippen molar-refractivity contribution in [1.82, 2.24) is 14.9 Å². The summed E-state index contributed by atoms with van der Waals surface area (Å²) < 4.78 is 6.03. The predicted octanol–water partition coefficient (Wildman–Crippen LogP) is 2.17. The van der Waals surface area contributed by atoms with E-state index in [1.807, 2.05) is 37.5 Å². The number of hydrogen-bond donors (Lipinski definition) is 1. The molecule has 2 aromatic rings. The first kappa shape index (κ1) is 13.8. The molecule has 1 aliphatic heterocycles. The molecule has 1 atom stereocenters. The standard InChI is InChI=1S/C16H20N4O/c1-17-15-6-4-9-19-16(15)21-14-7-10-20(12-14)11-13-5-2-3-8-18-13/h2-6,8-9,14,17H,7,10-12H2,1H3. The third kappa shape index (κ3) is 3.49. The van der Waals surface area contributed by atoms with Crippen LogP contribution < -0.4 is 10.1 Å². The van der Waals surface area contributed by atoms with Gasteiger partial charge in [-0.3, -0.25) is 9.88 Å². The minimum atomic E-state index is 0.190. The molecule has 0 saturated carbocycles. The normalized spacial score (nSPS) is 18.6. The topological polar surface area (TPSA) is 50.3 Å². The molecule has 1 unspecified atom stereocenters. The Balaban J connectivity index is 1.57. The summed E-state index contributed by atoms with van der Waals surface area (Å²) in [7, 11) is 1.88. The van der Waals surface area contributed by atoms with Gasteiger partial charge in [0.1, 0.15) is 6.10 Å². The fourth-order valence-electron chi connectivity index (χ4n) is 2.59. The van der Waals surface area contributed by atoms with Gasteiger partial charge in [0.2, 0.25) is 5.88 Å². The molecule has 0 aromatic carbocycles. The summed E-state index contributed by atoms with van der Waals surface area (Å²) in [4.78, 5) is 11.1. The maximum atomic E-state index is 6.03. The molecule has 0 bridgehead atoms. The number of aromatic nitrogens is 2. The van der Waals surface area contributed by atoms with Crippen LogP contribution in [0.3, 0.4) is 0 Å². The maximum Gasteiger partial charge on any atom is 0.237 e. The molecule has 3 heterocycles. The molecular formula is C16H20N4O. The maximum absolute atomic E-state index is 6.03. The van der Waals surface area contributed by atoms with Gasteiger partial charge >= 0.3 is 0 Å². The van der Waals surface area contributed by atoms with E-state index in [0.29, 0.717) is 5.88 Å². The van der Waals surface area contributed by atoms with Crippen molar-refractivity contribution < 1.29 is 4.74 Å². The van der Waals surface area contributed by atoms with E-state index in [4.69, 9.17) is 4.74 Å². The van der Waals surface area contributed by atoms with Gasteiger partial charge in [0.15, 0.2) is 0 Å². The van der Waals surface area contributed by atoms with Crippen molar-refractivity contribution in [3.05, 3.63) is 48.4 Å². The summed E-state index contributed by atoms with van der Waals surface area (Å²) >= 11 is 0. The number of anilines is 1. The first-order chi connectivity index (χ1) is 10.3. The first-order valence-corrected chi connectivity index (χ1v) is 7.27. The highest BCUT2D eigenvalue weighted by Crippen LogP contribution is 2.24. The molecule has 110 valence electrons. The van der Waals surface area contributed by atoms with Crippen LogP contribution in [0.5, 0.6) is 5.88 Å². The van der Waals surface area contributed by atoms with Gasteiger partial charge in [0.25, 0.3) is 0 Å². The highest BCUT2D eigenvalue weighted by atomic mass is 16.5. The van der Waals surface area contributed by atoms with Gasteiger partial charge in [0, 0.05) is 39.1 Å². The van der Waals surface area contributed by atoms with Gasteiger partial charge in [-0.1, -0.05) is 6.07 Å². The molecule has 1 N–H and O–H groups in total. The third-order valence-corrected chi connectivity index (χ3v) is 3.66. The summed E-state index contributed by atoms with van der Waals surface area (Å²) in [6.07, 6.45) is 4.81. The average Bonchev–Trinajstić information content (AvgIpc) is 2.96. The monoisotopic (exact) mass is 284 g/mol. The molecule has 1 saturated heterocycles. The van der Waals surface area contributed by atoms with Crippen LogP contribution in [-0.2, 0) is 6.54 Å². The number of rotatable bonds is 5. The molecule has 2 aromatic heterocycles. The van der Waals surface area contributed by atoms with E-state index in [9.17, 15) is 0 Å². The van der Waals surface area contributed by atoms with Crippen molar-refractivity contribution in [2.45, 2.75) is 19.1 Å². The lowest BCUT2D eigenvalue weighted by molar-refractivity contribution is 0.192. The molecule has 0 spiro atoms. The second kappa shape index (κ2) is 6.54. The molecule has 0 radical (unpaired) electrons. The van der Waals surface area contributed by atoms with Gasteiger partial charge in [-0.2, -0.15) is 0 Å². The van der Waals surface area contributed by atoms with Crippen LogP contribution >= 0.6 is 0 Å². The molecule has 0 amide bonds. The van der Waals surface area contributed by atoms with Crippen LogP contribution in [0.25, 0.3) is 0 Å². The van der Waals surface area contributed by atoms with E-state index in [1.54, 1.807) is 6.20 Å². The Kier molecular flexibility index (Phi) is 4.31. The molecular weight excluding hydrogens is 264 g/mol. The van der Waals surface area contributed by atoms with Gasteiger partial charge in [-0.05, 0) is 30.7 Å². The molecule has 0 aliphatic carbocycles. The van der Waals surface area contributed by atoms with Crippen LogP contribution in [0, 0.1) is 0 Å². The van der Waals surface area contributed by atoms with Crippen LogP contribution in [0.2, 0.25) is 0 Å². The molecule has 5 heteroatoms. The van der Waals surface area contributed by atoms with Gasteiger partial charge in [-0.15, -0.1) is 0 Å². The third-order valence-electron chi connectivity index (χ3n) is 3.66. The zero-order valence-electron chi connectivity index (χ0n) is 12.2. The smallest absolute Gasteiger partial charge is 0.237 e. The van der Waals surface area contributed by atoms with Crippen LogP contribution in [0.15, 0.2) is 42.7 Å². The lowest BCUT2D eigenvalue weighted by Crippen LogP contribution is -2.25. The first-order valence-electron chi connectivity index (χ1n) is 7.27. The fourth-order valence-corrected chi connectivity index (χ4v) is 2.59. The van der Waals surface area contributed by atoms with E-state index >= 15 is 0 Å². The number of nitrogens with one attached hydrogen (secondary N) is 1. The number of ether oxygens (including phenoxy) is 1. The van der Waals surface area contributed by atoms with Crippen molar-refractivity contribution >= 4 is 5.69 Å². The quantitative estimate of drug-likeness (QED) is 0.912. The summed E-state index contributed by atoms with van der Waals surface area (Å²) in [6, 6.07) is 9.91. The minimum Gasteiger partial charge on any atom is -0.471 e. The van der Waals surface area contributed by atoms with E-state index < -0.39 is 0 Å². The van der Waals surface area contributed by atoms with E-state index in [-0.39, 0.29) is 6.10 Å². The summed E-state index contributed by atoms with van der Waals surface area (Å²) in [5, 5.41) is 3.11. The fraction of sp³-hybridized carbons (Fsp3) is 0.375. The second-order valence-corrected chi connectivity index (χ2v) is 5.19. The second-order valence-electron chi connectivity index (χ2n) is 5.19. The Morgan fingerprint density at radius 1 is 1.24 bits per heavy atom. The van der Waals surface area contributed by atoms with Crippen molar-refractivity contribution in [3.8, 4) is 5.88 Å². The van der Waals surface area contributed by atoms with E-state index in [2.05, 4.69) is 26.3 Å². The molecule has 5 nitrogen and oxygen atoms in total. The molecule has 21 heavy (non-hydrogen) atoms. The van der Waals surface area contributed by atoms with Gasteiger partial charge in [0.05, 0.1) is 11.4 Å². The number of nitrogens with zero attached hydrogens (tertiary/aromatic N) is 3. The van der Waals surface area contributed by atoms with Crippen molar-refractivity contribution in [2.24, 2.45) is 0 Å². The van der Waals surface area contributed by atoms with Crippen LogP contribution in [-0.4, -0.2) is 41.1 Å². The van der Waals surface area contributed by atoms with Crippen LogP contribution in [0.1, 0.15) is 12.1 Å². The summed E-state index contributed by atoms with van der Waals surface area (Å²) in [6.45, 7) is 2.82. The predicted molar refractivity (Wildman–Crippen MR) is 82.3 cm³/mol. The number of likely N-dealkylation sites (tertiary alicyclic amines) is 1. The largest absolute Gasteiger partial charge is 0.471 e. The highest BCUT2D eigenvalue weighted by Gasteiger charge is 2.25. The Hall–Kier alpha value is -2.14. The van der Waals surface area contributed by atoms with Crippen LogP contribution in [0.4, 0.5) is 5.69 Å². The van der Waals surface area contributed by atoms with Crippen molar-refractivity contribution in [3.63, 3.8) is 0 Å². The Morgan fingerprint density at radius 2 is 2.14 bits per heavy atom. The Bertz CT molecular complexity index is 575. The zero-order valence-corrected chi connectivity index (χ0v) is 12.2. The molecule has 1 fully saturated rings. The lowest BCUT2D eigenvalue weighted by atomic mass is 10.3. The Labute approximate surface area is 125 Å². The number of pyridine rings is 2. The minimum absolute atomic E-state index is 0.190. The summed E-state index contributed by atoms with van der Waals surface area (Å²) in [5.74, 6) is 0.685. The zero-order chi connectivity index (χ0) is 14.5. The highest BCUT2D eigenvalue weighted by molar-refractivity contribution is 5.51. The Morgan fingerprint density at radius 3 is 2.95 bits per heavy atom. The van der Waals surface area contributed by atoms with Crippen molar-refractivity contribution in [1.29, 1.82) is 0 Å². The SMILES string of the molecule is CNc1cccnc1OC1CCN(Cc2ccccn2)C1. The van der Waals surface area contributed by atoms with E-state index in [1.165, 1.54) is 0 Å². The van der Waals surface area contributed by atoms with E-state index in [0.717, 1.165) is 37.4 Å². The van der Waals surface area contributed by atoms with Gasteiger partial charge in [-0.25, -0.2) is 4.98 Å². The lowest BCUT2D eigenvalue weighted by Gasteiger charge is -2.17. The molecule has 3 rings (SSSR count). The average molecular weight is 284 g/mol. The van der Waals surface area contributed by atoms with Gasteiger partial charge < -0.3 is 10.1 Å². The number of hydrogen-bond acceptors (Lipinski definition) is 5. The summed E-state index contributed by atoms with van der Waals surface area (Å²) in [5.41, 5.74) is 2.03.